The number of fused-ring (bicyclic) bond motifs is 2. The molecule has 6 nitrogen and oxygen atoms in total. The number of nitrogens with one attached hydrogen (secondary N) is 1. The Hall–Kier alpha value is -2.35. The van der Waals surface area contributed by atoms with E-state index in [-0.39, 0.29) is 23.9 Å². The lowest BCUT2D eigenvalue weighted by atomic mass is 9.86. The molecule has 202 valence electrons. The minimum Gasteiger partial charge on any atom is -0.349 e. The van der Waals surface area contributed by atoms with Crippen LogP contribution in [0.25, 0.3) is 0 Å². The van der Waals surface area contributed by atoms with Crippen molar-refractivity contribution in [1.82, 2.24) is 25.0 Å². The number of hydrogen-bond donors (Lipinski definition) is 1. The van der Waals surface area contributed by atoms with Crippen LogP contribution >= 0.6 is 0 Å². The third-order valence-electron chi connectivity index (χ3n) is 8.07. The molecule has 2 aliphatic heterocycles. The van der Waals surface area contributed by atoms with Crippen molar-refractivity contribution in [1.29, 1.82) is 0 Å². The summed E-state index contributed by atoms with van der Waals surface area (Å²) in [6.45, 7) is 1.46. The predicted molar refractivity (Wildman–Crippen MR) is 139 cm³/mol. The van der Waals surface area contributed by atoms with Gasteiger partial charge < -0.3 is 9.88 Å². The number of halogens is 2. The molecule has 0 radical (unpaired) electrons. The standard InChI is InChI=1S/C29H41F2N5O/c1-19(2)27-34-33-20(3)36(27)25-17-23-9-10-24(18-25)35(23)16-13-26(21-7-5-4-6-8-21)32-28(37)22-11-14-29(30,31)15-12-22/h4-8,19,22-26H,9-18H2,1-3H3,(H,32,37)/i3D3,14D2,15D2,19D. The average molecular weight is 522 g/mol. The number of aromatic nitrogens is 3. The van der Waals surface area contributed by atoms with Crippen LogP contribution < -0.4 is 5.32 Å². The quantitative estimate of drug-likeness (QED) is 0.466. The van der Waals surface area contributed by atoms with Gasteiger partial charge in [0.1, 0.15) is 11.6 Å². The van der Waals surface area contributed by atoms with E-state index < -0.39 is 62.1 Å². The number of carbonyl (C=O) groups excluding carboxylic acids is 1. The summed E-state index contributed by atoms with van der Waals surface area (Å²) in [7, 11) is 0. The van der Waals surface area contributed by atoms with Crippen LogP contribution in [0.3, 0.4) is 0 Å². The van der Waals surface area contributed by atoms with Gasteiger partial charge in [0.05, 0.1) is 6.04 Å². The number of piperidine rings is 1. The summed E-state index contributed by atoms with van der Waals surface area (Å²) in [5, 5.41) is 11.0. The van der Waals surface area contributed by atoms with Crippen LogP contribution in [0.1, 0.15) is 118 Å². The van der Waals surface area contributed by atoms with Gasteiger partial charge in [0.25, 0.3) is 0 Å². The van der Waals surface area contributed by atoms with Gasteiger partial charge in [0.15, 0.2) is 0 Å². The summed E-state index contributed by atoms with van der Waals surface area (Å²) in [6.07, 6.45) is -4.26. The molecule has 0 spiro atoms. The molecular weight excluding hydrogens is 472 g/mol. The molecule has 1 aromatic carbocycles. The Labute approximate surface area is 230 Å². The summed E-state index contributed by atoms with van der Waals surface area (Å²) in [6, 6.07) is 8.78. The zero-order chi connectivity index (χ0) is 33.2. The third kappa shape index (κ3) is 5.74. The smallest absolute Gasteiger partial charge is 0.248 e. The first-order chi connectivity index (χ1) is 20.7. The molecule has 2 aromatic rings. The van der Waals surface area contributed by atoms with Crippen LogP contribution in [-0.2, 0) is 4.79 Å². The van der Waals surface area contributed by atoms with E-state index >= 15 is 0 Å². The first kappa shape index (κ1) is 18.0. The van der Waals surface area contributed by atoms with Crippen LogP contribution in [0, 0.1) is 12.8 Å². The molecule has 5 rings (SSSR count). The van der Waals surface area contributed by atoms with Gasteiger partial charge in [-0.3, -0.25) is 9.69 Å². The number of hydrogen-bond acceptors (Lipinski definition) is 4. The van der Waals surface area contributed by atoms with Crippen molar-refractivity contribution in [2.45, 2.75) is 114 Å². The molecule has 3 heterocycles. The minimum absolute atomic E-state index is 0.100. The fourth-order valence-electron chi connectivity index (χ4n) is 6.20. The molecule has 1 aliphatic carbocycles. The number of rotatable bonds is 8. The highest BCUT2D eigenvalue weighted by Gasteiger charge is 2.42. The highest BCUT2D eigenvalue weighted by molar-refractivity contribution is 5.79. The van der Waals surface area contributed by atoms with Crippen LogP contribution in [0.15, 0.2) is 30.3 Å². The molecule has 37 heavy (non-hydrogen) atoms. The normalized spacial score (nSPS) is 33.5. The number of alkyl halides is 2. The second-order valence-corrected chi connectivity index (χ2v) is 10.8. The highest BCUT2D eigenvalue weighted by atomic mass is 19.3. The first-order valence-electron chi connectivity index (χ1n) is 17.2. The van der Waals surface area contributed by atoms with Gasteiger partial charge in [-0.2, -0.15) is 0 Å². The number of nitrogens with zero attached hydrogens (tertiary/aromatic N) is 4. The topological polar surface area (TPSA) is 63.1 Å². The molecule has 1 N–H and O–H groups in total. The van der Waals surface area contributed by atoms with E-state index in [1.54, 1.807) is 18.4 Å². The summed E-state index contributed by atoms with van der Waals surface area (Å²) >= 11 is 0. The van der Waals surface area contributed by atoms with Gasteiger partial charge in [-0.15, -0.1) is 10.2 Å². The molecule has 3 aliphatic rings. The fourth-order valence-corrected chi connectivity index (χ4v) is 6.20. The van der Waals surface area contributed by atoms with Crippen LogP contribution in [0.4, 0.5) is 8.78 Å². The molecule has 1 amide bonds. The molecule has 2 bridgehead atoms. The van der Waals surface area contributed by atoms with Gasteiger partial charge in [-0.05, 0) is 57.4 Å². The Morgan fingerprint density at radius 3 is 2.43 bits per heavy atom. The van der Waals surface area contributed by atoms with Crippen molar-refractivity contribution >= 4 is 5.91 Å². The lowest BCUT2D eigenvalue weighted by Gasteiger charge is -2.40. The van der Waals surface area contributed by atoms with Crippen LogP contribution in [0.5, 0.6) is 0 Å². The molecule has 8 heteroatoms. The fraction of sp³-hybridized carbons (Fsp3) is 0.690. The summed E-state index contributed by atoms with van der Waals surface area (Å²) in [5.41, 5.74) is 0.800. The molecule has 3 unspecified atom stereocenters. The summed E-state index contributed by atoms with van der Waals surface area (Å²) in [5.74, 6) is -7.02. The largest absolute Gasteiger partial charge is 0.349 e. The average Bonchev–Trinajstić information content (AvgIpc) is 3.49. The third-order valence-corrected chi connectivity index (χ3v) is 8.07. The lowest BCUT2D eigenvalue weighted by molar-refractivity contribution is -0.130. The van der Waals surface area contributed by atoms with Gasteiger partial charge in [0, 0.05) is 60.2 Å². The molecular formula is C29H41F2N5O. The van der Waals surface area contributed by atoms with Gasteiger partial charge in [-0.1, -0.05) is 44.2 Å². The molecule has 3 fully saturated rings. The van der Waals surface area contributed by atoms with Crippen molar-refractivity contribution in [2.24, 2.45) is 5.92 Å². The minimum atomic E-state index is -4.21. The lowest BCUT2D eigenvalue weighted by Crippen LogP contribution is -2.45. The number of benzene rings is 1. The van der Waals surface area contributed by atoms with E-state index in [4.69, 9.17) is 11.0 Å². The van der Waals surface area contributed by atoms with E-state index in [2.05, 4.69) is 20.4 Å². The SMILES string of the molecule is [2H]C([2H])([2H])c1nnc(C([2H])(C)C)n1C1CC2CCC(C1)N2CCC(NC(=O)C1CC([2H])([2H])C(F)(F)C([2H])([2H])C1)c1ccccc1. The maximum absolute atomic E-state index is 14.5. The molecule has 1 saturated carbocycles. The van der Waals surface area contributed by atoms with Crippen LogP contribution in [0.2, 0.25) is 0 Å². The van der Waals surface area contributed by atoms with E-state index in [0.29, 0.717) is 31.6 Å². The molecule has 2 saturated heterocycles. The van der Waals surface area contributed by atoms with Crippen molar-refractivity contribution in [3.05, 3.63) is 47.5 Å². The summed E-state index contributed by atoms with van der Waals surface area (Å²) in [4.78, 5) is 15.8. The maximum atomic E-state index is 14.5. The molecule has 3 atom stereocenters. The zero-order valence-electron chi connectivity index (χ0n) is 29.4. The Kier molecular flexibility index (Phi) is 5.26. The van der Waals surface area contributed by atoms with Crippen molar-refractivity contribution in [2.75, 3.05) is 6.54 Å². The van der Waals surface area contributed by atoms with Gasteiger partial charge in [0.2, 0.25) is 11.8 Å². The Bertz CT molecular complexity index is 1320. The van der Waals surface area contributed by atoms with E-state index in [1.165, 1.54) is 0 Å². The van der Waals surface area contributed by atoms with Gasteiger partial charge >= 0.3 is 0 Å². The number of carbonyl (C=O) groups is 1. The van der Waals surface area contributed by atoms with Gasteiger partial charge in [-0.25, -0.2) is 8.78 Å². The highest BCUT2D eigenvalue weighted by Crippen LogP contribution is 2.42. The number of aryl methyl sites for hydroxylation is 1. The first-order valence-corrected chi connectivity index (χ1v) is 13.2. The number of amides is 1. The molecule has 1 aromatic heterocycles. The van der Waals surface area contributed by atoms with Crippen LogP contribution in [-0.4, -0.2) is 50.1 Å². The van der Waals surface area contributed by atoms with Crippen molar-refractivity contribution in [3.63, 3.8) is 0 Å². The Morgan fingerprint density at radius 2 is 1.81 bits per heavy atom. The van der Waals surface area contributed by atoms with Crippen molar-refractivity contribution in [3.8, 4) is 0 Å². The van der Waals surface area contributed by atoms with E-state index in [1.807, 2.05) is 30.3 Å². The second-order valence-electron chi connectivity index (χ2n) is 10.8. The second kappa shape index (κ2) is 10.8. The predicted octanol–water partition coefficient (Wildman–Crippen LogP) is 5.95. The summed E-state index contributed by atoms with van der Waals surface area (Å²) < 4.78 is 94.5. The Balaban J connectivity index is 1.31. The van der Waals surface area contributed by atoms with E-state index in [9.17, 15) is 13.6 Å². The Morgan fingerprint density at radius 1 is 1.14 bits per heavy atom. The van der Waals surface area contributed by atoms with Crippen molar-refractivity contribution < 1.29 is 24.5 Å². The monoisotopic (exact) mass is 521 g/mol. The maximum Gasteiger partial charge on any atom is 0.248 e. The zero-order valence-corrected chi connectivity index (χ0v) is 21.4. The van der Waals surface area contributed by atoms with E-state index in [0.717, 1.165) is 18.4 Å².